The van der Waals surface area contributed by atoms with Gasteiger partial charge >= 0.3 is 13.2 Å². The number of rotatable bonds is 2. The summed E-state index contributed by atoms with van der Waals surface area (Å²) in [5, 5.41) is 0. The van der Waals surface area contributed by atoms with E-state index in [2.05, 4.69) is 45.9 Å². The third kappa shape index (κ3) is 4.38. The molecule has 1 aromatic rings. The van der Waals surface area contributed by atoms with Gasteiger partial charge in [-0.2, -0.15) is 0 Å². The molecular weight excluding hydrogens is 353 g/mol. The van der Waals surface area contributed by atoms with E-state index in [0.29, 0.717) is 6.54 Å². The maximum absolute atomic E-state index is 12.6. The SMILES string of the molecule is CC(C)(C)OC(=O)N1CCCC(c2ccccc2B2OC(C)(C)C(C)(C)O2)C1. The Morgan fingerprint density at radius 1 is 1.14 bits per heavy atom. The Morgan fingerprint density at radius 3 is 2.36 bits per heavy atom. The lowest BCUT2D eigenvalue weighted by atomic mass is 9.72. The van der Waals surface area contributed by atoms with Crippen molar-refractivity contribution in [1.82, 2.24) is 4.90 Å². The molecule has 2 heterocycles. The summed E-state index contributed by atoms with van der Waals surface area (Å²) in [4.78, 5) is 14.4. The van der Waals surface area contributed by atoms with Gasteiger partial charge in [0.2, 0.25) is 0 Å². The smallest absolute Gasteiger partial charge is 0.444 e. The summed E-state index contributed by atoms with van der Waals surface area (Å²) in [5.74, 6) is 0.247. The Balaban J connectivity index is 1.80. The molecule has 1 aromatic carbocycles. The molecule has 6 heteroatoms. The Kier molecular flexibility index (Phi) is 5.58. The van der Waals surface area contributed by atoms with Crippen molar-refractivity contribution in [2.45, 2.75) is 84.0 Å². The first-order chi connectivity index (χ1) is 12.9. The highest BCUT2D eigenvalue weighted by atomic mass is 16.7. The van der Waals surface area contributed by atoms with Gasteiger partial charge in [-0.05, 0) is 72.3 Å². The van der Waals surface area contributed by atoms with Crippen molar-refractivity contribution < 1.29 is 18.8 Å². The molecule has 0 aliphatic carbocycles. The van der Waals surface area contributed by atoms with E-state index in [9.17, 15) is 4.79 Å². The fraction of sp³-hybridized carbons (Fsp3) is 0.682. The number of amides is 1. The third-order valence-corrected chi connectivity index (χ3v) is 6.02. The molecule has 2 fully saturated rings. The van der Waals surface area contributed by atoms with Crippen LogP contribution in [0.3, 0.4) is 0 Å². The summed E-state index contributed by atoms with van der Waals surface area (Å²) in [6.45, 7) is 15.4. The van der Waals surface area contributed by atoms with Gasteiger partial charge in [0.25, 0.3) is 0 Å². The second-order valence-corrected chi connectivity index (χ2v) is 9.98. The van der Waals surface area contributed by atoms with Gasteiger partial charge in [-0.15, -0.1) is 0 Å². The first kappa shape index (κ1) is 21.2. The summed E-state index contributed by atoms with van der Waals surface area (Å²) in [5.41, 5.74) is 1.04. The predicted octanol–water partition coefficient (Wildman–Crippen LogP) is 4.10. The van der Waals surface area contributed by atoms with E-state index in [-0.39, 0.29) is 23.2 Å². The molecular formula is C22H34BNO4. The van der Waals surface area contributed by atoms with Gasteiger partial charge in [0, 0.05) is 19.0 Å². The zero-order valence-electron chi connectivity index (χ0n) is 18.4. The van der Waals surface area contributed by atoms with Crippen molar-refractivity contribution in [3.05, 3.63) is 29.8 Å². The summed E-state index contributed by atoms with van der Waals surface area (Å²) >= 11 is 0. The monoisotopic (exact) mass is 387 g/mol. The van der Waals surface area contributed by atoms with Crippen LogP contribution in [0.25, 0.3) is 0 Å². The molecule has 2 aliphatic heterocycles. The van der Waals surface area contributed by atoms with Crippen LogP contribution in [0.15, 0.2) is 24.3 Å². The molecule has 5 nitrogen and oxygen atoms in total. The summed E-state index contributed by atoms with van der Waals surface area (Å²) < 4.78 is 18.2. The molecule has 154 valence electrons. The number of likely N-dealkylation sites (tertiary alicyclic amines) is 1. The van der Waals surface area contributed by atoms with Gasteiger partial charge in [0.05, 0.1) is 11.2 Å². The average Bonchev–Trinajstić information content (AvgIpc) is 2.81. The largest absolute Gasteiger partial charge is 0.495 e. The number of hydrogen-bond donors (Lipinski definition) is 0. The van der Waals surface area contributed by atoms with E-state index < -0.39 is 12.7 Å². The quantitative estimate of drug-likeness (QED) is 0.717. The van der Waals surface area contributed by atoms with Crippen molar-refractivity contribution in [3.63, 3.8) is 0 Å². The fourth-order valence-electron chi connectivity index (χ4n) is 3.79. The van der Waals surface area contributed by atoms with Crippen molar-refractivity contribution >= 4 is 18.7 Å². The van der Waals surface area contributed by atoms with E-state index in [4.69, 9.17) is 14.0 Å². The van der Waals surface area contributed by atoms with Gasteiger partial charge in [0.15, 0.2) is 0 Å². The highest BCUT2D eigenvalue weighted by Crippen LogP contribution is 2.37. The lowest BCUT2D eigenvalue weighted by Crippen LogP contribution is -2.44. The maximum Gasteiger partial charge on any atom is 0.495 e. The van der Waals surface area contributed by atoms with Crippen LogP contribution in [-0.4, -0.2) is 48.0 Å². The van der Waals surface area contributed by atoms with E-state index in [1.807, 2.05) is 31.7 Å². The van der Waals surface area contributed by atoms with Gasteiger partial charge in [0.1, 0.15) is 5.60 Å². The zero-order valence-corrected chi connectivity index (χ0v) is 18.4. The van der Waals surface area contributed by atoms with Crippen LogP contribution >= 0.6 is 0 Å². The molecule has 0 radical (unpaired) electrons. The van der Waals surface area contributed by atoms with E-state index in [1.54, 1.807) is 0 Å². The number of ether oxygens (including phenoxy) is 1. The van der Waals surface area contributed by atoms with Crippen LogP contribution < -0.4 is 5.46 Å². The number of hydrogen-bond acceptors (Lipinski definition) is 4. The Hall–Kier alpha value is -1.53. The summed E-state index contributed by atoms with van der Waals surface area (Å²) in [6, 6.07) is 8.31. The Labute approximate surface area is 169 Å². The molecule has 2 saturated heterocycles. The van der Waals surface area contributed by atoms with Crippen LogP contribution in [0.4, 0.5) is 4.79 Å². The first-order valence-corrected chi connectivity index (χ1v) is 10.3. The molecule has 1 unspecified atom stereocenters. The van der Waals surface area contributed by atoms with E-state index >= 15 is 0 Å². The van der Waals surface area contributed by atoms with Gasteiger partial charge in [-0.25, -0.2) is 4.79 Å². The van der Waals surface area contributed by atoms with E-state index in [0.717, 1.165) is 24.8 Å². The molecule has 3 rings (SSSR count). The standard InChI is InChI=1S/C22H34BNO4/c1-20(2,3)26-19(25)24-14-10-11-16(15-24)17-12-8-9-13-18(17)23-27-21(4,5)22(6,7)28-23/h8-9,12-13,16H,10-11,14-15H2,1-7H3. The minimum Gasteiger partial charge on any atom is -0.444 e. The number of carbonyl (C=O) groups is 1. The van der Waals surface area contributed by atoms with Crippen LogP contribution in [0.2, 0.25) is 0 Å². The highest BCUT2D eigenvalue weighted by Gasteiger charge is 2.52. The second-order valence-electron chi connectivity index (χ2n) is 9.98. The van der Waals surface area contributed by atoms with Gasteiger partial charge < -0.3 is 18.9 Å². The number of benzene rings is 1. The topological polar surface area (TPSA) is 48.0 Å². The minimum atomic E-state index is -0.482. The van der Waals surface area contributed by atoms with Crippen molar-refractivity contribution in [2.24, 2.45) is 0 Å². The summed E-state index contributed by atoms with van der Waals surface area (Å²) in [7, 11) is -0.391. The molecule has 0 spiro atoms. The van der Waals surface area contributed by atoms with Crippen LogP contribution in [-0.2, 0) is 14.0 Å². The molecule has 0 N–H and O–H groups in total. The average molecular weight is 387 g/mol. The molecule has 0 aromatic heterocycles. The van der Waals surface area contributed by atoms with Crippen molar-refractivity contribution in [1.29, 1.82) is 0 Å². The van der Waals surface area contributed by atoms with Crippen molar-refractivity contribution in [3.8, 4) is 0 Å². The first-order valence-electron chi connectivity index (χ1n) is 10.3. The number of carbonyl (C=O) groups excluding carboxylic acids is 1. The van der Waals surface area contributed by atoms with Crippen molar-refractivity contribution in [2.75, 3.05) is 13.1 Å². The molecule has 0 bridgehead atoms. The van der Waals surface area contributed by atoms with E-state index in [1.165, 1.54) is 5.56 Å². The minimum absolute atomic E-state index is 0.231. The second kappa shape index (κ2) is 7.38. The zero-order chi connectivity index (χ0) is 20.7. The van der Waals surface area contributed by atoms with Crippen LogP contribution in [0, 0.1) is 0 Å². The third-order valence-electron chi connectivity index (χ3n) is 6.02. The highest BCUT2D eigenvalue weighted by molar-refractivity contribution is 6.62. The normalized spacial score (nSPS) is 24.3. The lowest BCUT2D eigenvalue weighted by molar-refractivity contribution is 0.00578. The molecule has 0 saturated carbocycles. The lowest BCUT2D eigenvalue weighted by Gasteiger charge is -2.35. The molecule has 28 heavy (non-hydrogen) atoms. The van der Waals surface area contributed by atoms with Gasteiger partial charge in [-0.1, -0.05) is 24.3 Å². The number of nitrogens with zero attached hydrogens (tertiary/aromatic N) is 1. The maximum atomic E-state index is 12.6. The predicted molar refractivity (Wildman–Crippen MR) is 112 cm³/mol. The van der Waals surface area contributed by atoms with Crippen LogP contribution in [0.1, 0.15) is 72.8 Å². The summed E-state index contributed by atoms with van der Waals surface area (Å²) in [6.07, 6.45) is 1.77. The number of piperidine rings is 1. The Morgan fingerprint density at radius 2 is 1.75 bits per heavy atom. The van der Waals surface area contributed by atoms with Crippen LogP contribution in [0.5, 0.6) is 0 Å². The van der Waals surface area contributed by atoms with Gasteiger partial charge in [-0.3, -0.25) is 0 Å². The molecule has 2 aliphatic rings. The fourth-order valence-corrected chi connectivity index (χ4v) is 3.79. The molecule has 1 amide bonds. The Bertz CT molecular complexity index is 709. The molecule has 1 atom stereocenters.